The van der Waals surface area contributed by atoms with Crippen LogP contribution in [0.15, 0.2) is 29.1 Å². The maximum Gasteiger partial charge on any atom is 0.194 e. The number of aromatic hydroxyl groups is 4. The summed E-state index contributed by atoms with van der Waals surface area (Å²) in [6.07, 6.45) is 0. The van der Waals surface area contributed by atoms with Gasteiger partial charge in [-0.05, 0) is 12.1 Å². The Kier molecular flexibility index (Phi) is 2.09. The van der Waals surface area contributed by atoms with Gasteiger partial charge in [0.05, 0.1) is 5.39 Å². The predicted molar refractivity (Wildman–Crippen MR) is 56.9 cm³/mol. The van der Waals surface area contributed by atoms with Gasteiger partial charge < -0.3 is 20.4 Å². The summed E-state index contributed by atoms with van der Waals surface area (Å²) in [5.74, 6) is -1.85. The summed E-state index contributed by atoms with van der Waals surface area (Å²) in [4.78, 5) is 11.6. The maximum atomic E-state index is 11.6. The third-order valence-electron chi connectivity index (χ3n) is 2.24. The van der Waals surface area contributed by atoms with Gasteiger partial charge in [-0.2, -0.15) is 0 Å². The average Bonchev–Trinajstić information content (AvgIpc) is 2.34. The fraction of sp³-hybridized carbons (Fsp3) is 0. The van der Waals surface area contributed by atoms with Crippen LogP contribution < -0.4 is 5.43 Å². The molecule has 5 heteroatoms. The molecule has 16 heavy (non-hydrogen) atoms. The summed E-state index contributed by atoms with van der Waals surface area (Å²) >= 11 is 0. The Hall–Kier alpha value is -2.43. The summed E-state index contributed by atoms with van der Waals surface area (Å²) in [6.45, 7) is 0. The van der Waals surface area contributed by atoms with Gasteiger partial charge in [-0.3, -0.25) is 4.79 Å². The van der Waals surface area contributed by atoms with Crippen molar-refractivity contribution in [2.45, 2.75) is 0 Å². The molecule has 0 fully saturated rings. The lowest BCUT2D eigenvalue weighted by atomic mass is 10.1. The van der Waals surface area contributed by atoms with Crippen molar-refractivity contribution in [2.24, 2.45) is 0 Å². The molecule has 0 unspecified atom stereocenters. The highest BCUT2D eigenvalue weighted by Crippen LogP contribution is 2.37. The molecule has 0 aliphatic heterocycles. The first-order valence-electron chi connectivity index (χ1n) is 4.41. The van der Waals surface area contributed by atoms with E-state index < -0.39 is 16.9 Å². The van der Waals surface area contributed by atoms with E-state index in [2.05, 4.69) is 0 Å². The van der Waals surface area contributed by atoms with Gasteiger partial charge in [-0.15, -0.1) is 0 Å². The highest BCUT2D eigenvalue weighted by molar-refractivity contribution is 5.94. The quantitative estimate of drug-likeness (QED) is 0.392. The van der Waals surface area contributed by atoms with Crippen LogP contribution in [0.3, 0.4) is 0 Å². The first-order valence-corrected chi connectivity index (χ1v) is 4.41. The van der Waals surface area contributed by atoms with E-state index in [0.29, 0.717) is 0 Å². The Morgan fingerprint density at radius 3 is 2.25 bits per heavy atom. The molecular formula is C11H8O5. The van der Waals surface area contributed by atoms with Gasteiger partial charge in [0.2, 0.25) is 0 Å². The minimum absolute atomic E-state index is 0.0561. The van der Waals surface area contributed by atoms with Crippen LogP contribution in [0.5, 0.6) is 23.0 Å². The topological polar surface area (TPSA) is 98.0 Å². The SMILES string of the molecule is O=c1cc(O)ccc2c(O)cc(O)c(O)c12. The standard InChI is InChI=1S/C11H8O5/c12-5-1-2-6-7(13)4-9(15)11(16)10(6)8(14)3-5/h1-4,12-13,15-16H. The summed E-state index contributed by atoms with van der Waals surface area (Å²) in [5.41, 5.74) is -0.693. The molecule has 2 aromatic carbocycles. The lowest BCUT2D eigenvalue weighted by Crippen LogP contribution is -1.95. The summed E-state index contributed by atoms with van der Waals surface area (Å²) in [6, 6.07) is 4.30. The molecule has 2 rings (SSSR count). The van der Waals surface area contributed by atoms with Crippen LogP contribution in [0.25, 0.3) is 10.8 Å². The second-order valence-corrected chi connectivity index (χ2v) is 3.32. The van der Waals surface area contributed by atoms with E-state index >= 15 is 0 Å². The zero-order chi connectivity index (χ0) is 11.9. The molecule has 0 atom stereocenters. The number of hydrogen-bond acceptors (Lipinski definition) is 5. The van der Waals surface area contributed by atoms with Crippen LogP contribution in [0, 0.1) is 0 Å². The zero-order valence-electron chi connectivity index (χ0n) is 8.01. The van der Waals surface area contributed by atoms with Crippen LogP contribution in [0.4, 0.5) is 0 Å². The van der Waals surface area contributed by atoms with Crippen LogP contribution in [0.1, 0.15) is 0 Å². The molecule has 0 spiro atoms. The smallest absolute Gasteiger partial charge is 0.194 e. The van der Waals surface area contributed by atoms with Crippen LogP contribution in [-0.4, -0.2) is 20.4 Å². The first-order chi connectivity index (χ1) is 7.50. The van der Waals surface area contributed by atoms with Crippen LogP contribution in [0.2, 0.25) is 0 Å². The highest BCUT2D eigenvalue weighted by atomic mass is 16.3. The van der Waals surface area contributed by atoms with Gasteiger partial charge in [0.25, 0.3) is 0 Å². The van der Waals surface area contributed by atoms with Gasteiger partial charge in [0.1, 0.15) is 11.5 Å². The summed E-state index contributed by atoms with van der Waals surface area (Å²) < 4.78 is 0. The Bertz CT molecular complexity index is 633. The van der Waals surface area contributed by atoms with Gasteiger partial charge in [0.15, 0.2) is 16.9 Å². The van der Waals surface area contributed by atoms with E-state index in [9.17, 15) is 25.2 Å². The molecule has 0 aromatic heterocycles. The van der Waals surface area contributed by atoms with Crippen molar-refractivity contribution in [1.82, 2.24) is 0 Å². The number of hydrogen-bond donors (Lipinski definition) is 4. The molecule has 0 radical (unpaired) electrons. The van der Waals surface area contributed by atoms with E-state index in [-0.39, 0.29) is 22.3 Å². The molecule has 0 heterocycles. The van der Waals surface area contributed by atoms with E-state index in [1.165, 1.54) is 12.1 Å². The zero-order valence-corrected chi connectivity index (χ0v) is 8.01. The largest absolute Gasteiger partial charge is 0.508 e. The Morgan fingerprint density at radius 2 is 1.56 bits per heavy atom. The molecular weight excluding hydrogens is 212 g/mol. The van der Waals surface area contributed by atoms with Crippen molar-refractivity contribution in [3.8, 4) is 23.0 Å². The van der Waals surface area contributed by atoms with Crippen LogP contribution >= 0.6 is 0 Å². The van der Waals surface area contributed by atoms with E-state index in [1.54, 1.807) is 0 Å². The molecule has 0 saturated heterocycles. The fourth-order valence-electron chi connectivity index (χ4n) is 1.50. The molecule has 5 nitrogen and oxygen atoms in total. The van der Waals surface area contributed by atoms with Crippen molar-refractivity contribution in [1.29, 1.82) is 0 Å². The highest BCUT2D eigenvalue weighted by Gasteiger charge is 2.12. The van der Waals surface area contributed by atoms with Gasteiger partial charge in [-0.25, -0.2) is 0 Å². The van der Waals surface area contributed by atoms with Crippen LogP contribution in [-0.2, 0) is 0 Å². The third kappa shape index (κ3) is 1.38. The fourth-order valence-corrected chi connectivity index (χ4v) is 1.50. The molecule has 82 valence electrons. The normalized spacial score (nSPS) is 10.5. The Labute approximate surface area is 89.5 Å². The van der Waals surface area contributed by atoms with Crippen molar-refractivity contribution in [3.05, 3.63) is 34.5 Å². The number of benzene rings is 1. The molecule has 0 bridgehead atoms. The van der Waals surface area contributed by atoms with E-state index in [4.69, 9.17) is 0 Å². The van der Waals surface area contributed by atoms with Gasteiger partial charge in [0, 0.05) is 17.5 Å². The second kappa shape index (κ2) is 3.30. The lowest BCUT2D eigenvalue weighted by molar-refractivity contribution is 0.402. The molecule has 2 aromatic rings. The molecule has 4 N–H and O–H groups in total. The maximum absolute atomic E-state index is 11.6. The Balaban J connectivity index is 3.14. The molecule has 0 saturated carbocycles. The van der Waals surface area contributed by atoms with Gasteiger partial charge >= 0.3 is 0 Å². The van der Waals surface area contributed by atoms with E-state index in [0.717, 1.165) is 12.1 Å². The molecule has 0 aliphatic carbocycles. The number of phenolic OH excluding ortho intramolecular Hbond substituents is 3. The summed E-state index contributed by atoms with van der Waals surface area (Å²) in [7, 11) is 0. The minimum atomic E-state index is -0.693. The number of rotatable bonds is 0. The van der Waals surface area contributed by atoms with Crippen molar-refractivity contribution in [2.75, 3.05) is 0 Å². The second-order valence-electron chi connectivity index (χ2n) is 3.32. The van der Waals surface area contributed by atoms with Gasteiger partial charge in [-0.1, -0.05) is 0 Å². The monoisotopic (exact) mass is 220 g/mol. The van der Waals surface area contributed by atoms with E-state index in [1.807, 2.05) is 0 Å². The number of fused-ring (bicyclic) bond motifs is 1. The minimum Gasteiger partial charge on any atom is -0.508 e. The molecule has 0 amide bonds. The van der Waals surface area contributed by atoms with Crippen molar-refractivity contribution < 1.29 is 20.4 Å². The predicted octanol–water partition coefficient (Wildman–Crippen LogP) is 1.02. The average molecular weight is 220 g/mol. The Morgan fingerprint density at radius 1 is 0.875 bits per heavy atom. The third-order valence-corrected chi connectivity index (χ3v) is 2.24. The number of phenols is 3. The lowest BCUT2D eigenvalue weighted by Gasteiger charge is -2.02. The van der Waals surface area contributed by atoms with Crippen molar-refractivity contribution in [3.63, 3.8) is 0 Å². The molecule has 0 aliphatic rings. The van der Waals surface area contributed by atoms with Crippen molar-refractivity contribution >= 4 is 10.8 Å². The summed E-state index contributed by atoms with van der Waals surface area (Å²) in [5, 5.41) is 37.3. The first kappa shape index (κ1) is 10.1.